The van der Waals surface area contributed by atoms with Gasteiger partial charge in [0.25, 0.3) is 5.82 Å². The van der Waals surface area contributed by atoms with Crippen molar-refractivity contribution in [2.45, 2.75) is 11.1 Å². The van der Waals surface area contributed by atoms with E-state index < -0.39 is 17.8 Å². The van der Waals surface area contributed by atoms with Crippen LogP contribution in [0, 0.1) is 5.82 Å². The molecule has 0 radical (unpaired) electrons. The van der Waals surface area contributed by atoms with Crippen LogP contribution in [0.2, 0.25) is 0 Å². The van der Waals surface area contributed by atoms with E-state index in [-0.39, 0.29) is 18.3 Å². The molecule has 2 heterocycles. The summed E-state index contributed by atoms with van der Waals surface area (Å²) in [7, 11) is 0. The van der Waals surface area contributed by atoms with Gasteiger partial charge >= 0.3 is 6.18 Å². The van der Waals surface area contributed by atoms with Crippen LogP contribution in [0.4, 0.5) is 17.6 Å². The second-order valence-corrected chi connectivity index (χ2v) is 6.40. The van der Waals surface area contributed by atoms with Gasteiger partial charge in [-0.3, -0.25) is 0 Å². The van der Waals surface area contributed by atoms with E-state index >= 15 is 0 Å². The minimum Gasteiger partial charge on any atom is -0.454 e. The Kier molecular flexibility index (Phi) is 4.22. The molecule has 3 aromatic rings. The van der Waals surface area contributed by atoms with E-state index in [1.165, 1.54) is 30.0 Å². The fourth-order valence-corrected chi connectivity index (χ4v) is 3.08. The van der Waals surface area contributed by atoms with Crippen molar-refractivity contribution in [3.63, 3.8) is 0 Å². The van der Waals surface area contributed by atoms with Crippen LogP contribution in [0.5, 0.6) is 11.5 Å². The van der Waals surface area contributed by atoms with Crippen molar-refractivity contribution in [2.24, 2.45) is 0 Å². The van der Waals surface area contributed by atoms with E-state index in [1.54, 1.807) is 18.4 Å². The molecule has 0 saturated heterocycles. The maximum absolute atomic E-state index is 14.1. The molecule has 1 aliphatic heterocycles. The lowest BCUT2D eigenvalue weighted by atomic mass is 10.2. The van der Waals surface area contributed by atoms with E-state index in [1.807, 2.05) is 0 Å². The third-order valence-electron chi connectivity index (χ3n) is 3.87. The molecule has 0 atom stereocenters. The highest BCUT2D eigenvalue weighted by Crippen LogP contribution is 2.37. The van der Waals surface area contributed by atoms with Gasteiger partial charge < -0.3 is 9.47 Å². The highest BCUT2D eigenvalue weighted by molar-refractivity contribution is 7.98. The molecule has 0 amide bonds. The topological polar surface area (TPSA) is 49.2 Å². The number of halogens is 4. The zero-order chi connectivity index (χ0) is 19.2. The second-order valence-electron chi connectivity index (χ2n) is 5.56. The number of aromatic nitrogens is 3. The van der Waals surface area contributed by atoms with Crippen LogP contribution in [0.3, 0.4) is 0 Å². The molecule has 10 heteroatoms. The summed E-state index contributed by atoms with van der Waals surface area (Å²) < 4.78 is 65.1. The summed E-state index contributed by atoms with van der Waals surface area (Å²) in [5, 5.41) is 3.55. The molecular weight excluding hydrogens is 386 g/mol. The van der Waals surface area contributed by atoms with Gasteiger partial charge in [-0.25, -0.2) is 14.1 Å². The summed E-state index contributed by atoms with van der Waals surface area (Å²) in [6, 6.07) is 8.71. The maximum atomic E-state index is 14.1. The highest BCUT2D eigenvalue weighted by atomic mass is 32.2. The minimum absolute atomic E-state index is 0.0284. The van der Waals surface area contributed by atoms with Gasteiger partial charge in [-0.05, 0) is 36.6 Å². The largest absolute Gasteiger partial charge is 0.454 e. The van der Waals surface area contributed by atoms with Crippen LogP contribution >= 0.6 is 11.8 Å². The molecule has 2 aromatic carbocycles. The summed E-state index contributed by atoms with van der Waals surface area (Å²) in [5.74, 6) is -1.09. The third-order valence-corrected chi connectivity index (χ3v) is 4.64. The lowest BCUT2D eigenvalue weighted by molar-refractivity contribution is -0.144. The quantitative estimate of drug-likeness (QED) is 0.480. The number of ether oxygens (including phenoxy) is 2. The average Bonchev–Trinajstić information content (AvgIpc) is 3.27. The molecule has 1 aliphatic rings. The molecule has 0 bridgehead atoms. The second kappa shape index (κ2) is 6.45. The number of alkyl halides is 3. The van der Waals surface area contributed by atoms with Crippen LogP contribution in [0.1, 0.15) is 5.82 Å². The normalized spacial score (nSPS) is 13.2. The predicted octanol–water partition coefficient (Wildman–Crippen LogP) is 4.54. The van der Waals surface area contributed by atoms with Gasteiger partial charge in [0.2, 0.25) is 6.79 Å². The Labute approximate surface area is 154 Å². The number of fused-ring (bicyclic) bond motifs is 1. The van der Waals surface area contributed by atoms with Gasteiger partial charge in [-0.15, -0.1) is 16.9 Å². The molecule has 0 saturated carbocycles. The Bertz CT molecular complexity index is 1020. The average molecular weight is 397 g/mol. The first-order valence-electron chi connectivity index (χ1n) is 7.65. The van der Waals surface area contributed by atoms with Crippen LogP contribution in [0.15, 0.2) is 41.3 Å². The number of nitrogens with zero attached hydrogens (tertiary/aromatic N) is 3. The molecular formula is C17H11F4N3O2S. The predicted molar refractivity (Wildman–Crippen MR) is 89.7 cm³/mol. The molecule has 140 valence electrons. The van der Waals surface area contributed by atoms with Gasteiger partial charge in [0.15, 0.2) is 17.3 Å². The smallest absolute Gasteiger partial charge is 0.453 e. The zero-order valence-electron chi connectivity index (χ0n) is 13.7. The van der Waals surface area contributed by atoms with Gasteiger partial charge in [0, 0.05) is 16.5 Å². The Morgan fingerprint density at radius 3 is 2.56 bits per heavy atom. The maximum Gasteiger partial charge on any atom is 0.453 e. The third kappa shape index (κ3) is 3.20. The Hall–Kier alpha value is -2.75. The molecule has 0 aliphatic carbocycles. The molecule has 0 spiro atoms. The number of thioether (sulfide) groups is 1. The van der Waals surface area contributed by atoms with Crippen LogP contribution in [-0.4, -0.2) is 27.8 Å². The van der Waals surface area contributed by atoms with Crippen molar-refractivity contribution < 1.29 is 27.0 Å². The molecule has 0 fully saturated rings. The standard InChI is InChI=1S/C17H11F4N3O2S/c1-27-14-5-3-10(7-11(14)18)24-15(22-16(23-24)17(19,20)21)9-2-4-12-13(6-9)26-8-25-12/h2-7H,8H2,1H3. The van der Waals surface area contributed by atoms with Crippen molar-refractivity contribution in [1.82, 2.24) is 14.8 Å². The van der Waals surface area contributed by atoms with Crippen LogP contribution in [-0.2, 0) is 6.18 Å². The molecule has 0 N–H and O–H groups in total. The van der Waals surface area contributed by atoms with Crippen LogP contribution < -0.4 is 9.47 Å². The first kappa shape index (κ1) is 17.7. The van der Waals surface area contributed by atoms with Gasteiger partial charge in [-0.2, -0.15) is 13.2 Å². The Morgan fingerprint density at radius 1 is 1.07 bits per heavy atom. The zero-order valence-corrected chi connectivity index (χ0v) is 14.6. The van der Waals surface area contributed by atoms with E-state index in [2.05, 4.69) is 10.1 Å². The fourth-order valence-electron chi connectivity index (χ4n) is 2.62. The molecule has 4 rings (SSSR count). The fraction of sp³-hybridized carbons (Fsp3) is 0.176. The lowest BCUT2D eigenvalue weighted by Crippen LogP contribution is -2.08. The number of benzene rings is 2. The van der Waals surface area contributed by atoms with Crippen LogP contribution in [0.25, 0.3) is 17.1 Å². The SMILES string of the molecule is CSc1ccc(-n2nc(C(F)(F)F)nc2-c2ccc3c(c2)OCO3)cc1F. The minimum atomic E-state index is -4.74. The summed E-state index contributed by atoms with van der Waals surface area (Å²) in [5.41, 5.74) is 0.456. The molecule has 5 nitrogen and oxygen atoms in total. The summed E-state index contributed by atoms with van der Waals surface area (Å²) in [6.07, 6.45) is -3.04. The number of hydrogen-bond acceptors (Lipinski definition) is 5. The summed E-state index contributed by atoms with van der Waals surface area (Å²) in [6.45, 7) is 0.0284. The van der Waals surface area contributed by atoms with Crippen molar-refractivity contribution in [3.8, 4) is 28.6 Å². The Balaban J connectivity index is 1.88. The van der Waals surface area contributed by atoms with Crippen molar-refractivity contribution in [1.29, 1.82) is 0 Å². The number of rotatable bonds is 3. The first-order valence-corrected chi connectivity index (χ1v) is 8.87. The van der Waals surface area contributed by atoms with Gasteiger partial charge in [-0.1, -0.05) is 0 Å². The summed E-state index contributed by atoms with van der Waals surface area (Å²) >= 11 is 1.19. The number of hydrogen-bond donors (Lipinski definition) is 0. The molecule has 27 heavy (non-hydrogen) atoms. The van der Waals surface area contributed by atoms with E-state index in [4.69, 9.17) is 9.47 Å². The molecule has 1 aromatic heterocycles. The summed E-state index contributed by atoms with van der Waals surface area (Å²) in [4.78, 5) is 4.00. The lowest BCUT2D eigenvalue weighted by Gasteiger charge is -2.08. The van der Waals surface area contributed by atoms with E-state index in [0.29, 0.717) is 22.0 Å². The van der Waals surface area contributed by atoms with Gasteiger partial charge in [0.05, 0.1) is 5.69 Å². The van der Waals surface area contributed by atoms with E-state index in [0.717, 1.165) is 10.7 Å². The van der Waals surface area contributed by atoms with Gasteiger partial charge in [0.1, 0.15) is 5.82 Å². The monoisotopic (exact) mass is 397 g/mol. The van der Waals surface area contributed by atoms with Crippen molar-refractivity contribution >= 4 is 11.8 Å². The van der Waals surface area contributed by atoms with Crippen molar-refractivity contribution in [2.75, 3.05) is 13.0 Å². The van der Waals surface area contributed by atoms with Crippen molar-refractivity contribution in [3.05, 3.63) is 48.0 Å². The highest BCUT2D eigenvalue weighted by Gasteiger charge is 2.37. The Morgan fingerprint density at radius 2 is 1.85 bits per heavy atom. The van der Waals surface area contributed by atoms with E-state index in [9.17, 15) is 17.6 Å². The first-order chi connectivity index (χ1) is 12.9. The molecule has 0 unspecified atom stereocenters.